The molecule has 0 unspecified atom stereocenters. The molecule has 0 aliphatic rings. The zero-order valence-corrected chi connectivity index (χ0v) is 12.4. The van der Waals surface area contributed by atoms with Gasteiger partial charge in [-0.25, -0.2) is 0 Å². The monoisotopic (exact) mass is 316 g/mol. The van der Waals surface area contributed by atoms with Gasteiger partial charge in [0.15, 0.2) is 0 Å². The molecule has 1 aromatic rings. The molecule has 1 atom stereocenters. The Hall–Kier alpha value is -2.05. The van der Waals surface area contributed by atoms with Gasteiger partial charge in [-0.1, -0.05) is 32.0 Å². The van der Waals surface area contributed by atoms with Crippen molar-refractivity contribution in [2.24, 2.45) is 11.7 Å². The largest absolute Gasteiger partial charge is 0.416 e. The minimum Gasteiger partial charge on any atom is -0.368 e. The van der Waals surface area contributed by atoms with Crippen LogP contribution in [0.15, 0.2) is 24.3 Å². The molecule has 0 heterocycles. The van der Waals surface area contributed by atoms with E-state index in [1.54, 1.807) is 0 Å². The number of nitrogens with two attached hydrogens (primary N) is 1. The van der Waals surface area contributed by atoms with Crippen molar-refractivity contribution in [1.82, 2.24) is 5.32 Å². The molecule has 2 amide bonds. The van der Waals surface area contributed by atoms with Crippen LogP contribution in [0.1, 0.15) is 31.4 Å². The molecule has 0 radical (unpaired) electrons. The lowest BCUT2D eigenvalue weighted by atomic mass is 9.99. The molecule has 122 valence electrons. The summed E-state index contributed by atoms with van der Waals surface area (Å²) < 4.78 is 38.8. The van der Waals surface area contributed by atoms with Crippen LogP contribution >= 0.6 is 0 Å². The van der Waals surface area contributed by atoms with Gasteiger partial charge in [0, 0.05) is 12.8 Å². The van der Waals surface area contributed by atoms with E-state index in [2.05, 4.69) is 5.32 Å². The lowest BCUT2D eigenvalue weighted by Crippen LogP contribution is -2.46. The first-order valence-corrected chi connectivity index (χ1v) is 6.85. The third-order valence-corrected chi connectivity index (χ3v) is 3.02. The van der Waals surface area contributed by atoms with E-state index in [0.29, 0.717) is 0 Å². The predicted molar refractivity (Wildman–Crippen MR) is 75.7 cm³/mol. The number of carbonyl (C=O) groups excluding carboxylic acids is 2. The van der Waals surface area contributed by atoms with E-state index in [-0.39, 0.29) is 24.3 Å². The van der Waals surface area contributed by atoms with Gasteiger partial charge in [0.2, 0.25) is 11.8 Å². The quantitative estimate of drug-likeness (QED) is 0.845. The molecule has 0 spiro atoms. The van der Waals surface area contributed by atoms with Crippen molar-refractivity contribution in [3.05, 3.63) is 35.4 Å². The zero-order valence-electron chi connectivity index (χ0n) is 12.4. The first kappa shape index (κ1) is 18.0. The van der Waals surface area contributed by atoms with E-state index in [9.17, 15) is 22.8 Å². The van der Waals surface area contributed by atoms with Crippen LogP contribution in [0.25, 0.3) is 0 Å². The lowest BCUT2D eigenvalue weighted by molar-refractivity contribution is -0.138. The van der Waals surface area contributed by atoms with Crippen LogP contribution in [0.2, 0.25) is 0 Å². The number of carbonyl (C=O) groups is 2. The summed E-state index contributed by atoms with van der Waals surface area (Å²) in [5.74, 6) is -1.21. The summed E-state index contributed by atoms with van der Waals surface area (Å²) in [6.07, 6.45) is -4.65. The summed E-state index contributed by atoms with van der Waals surface area (Å²) in [5.41, 5.74) is 4.27. The molecule has 0 aliphatic heterocycles. The number of benzene rings is 1. The molecule has 1 rings (SSSR count). The summed E-state index contributed by atoms with van der Waals surface area (Å²) in [6, 6.07) is 3.74. The van der Waals surface area contributed by atoms with E-state index in [4.69, 9.17) is 5.73 Å². The lowest BCUT2D eigenvalue weighted by Gasteiger charge is -2.19. The molecule has 22 heavy (non-hydrogen) atoms. The maximum Gasteiger partial charge on any atom is 0.416 e. The minimum atomic E-state index is -4.53. The van der Waals surface area contributed by atoms with Crippen LogP contribution in [-0.2, 0) is 22.2 Å². The molecule has 0 fully saturated rings. The van der Waals surface area contributed by atoms with Crippen LogP contribution in [0, 0.1) is 5.92 Å². The van der Waals surface area contributed by atoms with E-state index in [1.807, 2.05) is 13.8 Å². The summed E-state index contributed by atoms with van der Waals surface area (Å²) in [4.78, 5) is 23.1. The molecule has 4 nitrogen and oxygen atoms in total. The number of amides is 2. The third kappa shape index (κ3) is 5.38. The summed E-state index contributed by atoms with van der Waals surface area (Å²) in [6.45, 7) is 3.63. The maximum absolute atomic E-state index is 12.9. The second kappa shape index (κ2) is 7.29. The predicted octanol–water partition coefficient (Wildman–Crippen LogP) is 2.26. The molecule has 0 saturated heterocycles. The van der Waals surface area contributed by atoms with Gasteiger partial charge in [-0.2, -0.15) is 13.2 Å². The molecule has 3 N–H and O–H groups in total. The maximum atomic E-state index is 12.9. The fourth-order valence-electron chi connectivity index (χ4n) is 2.04. The number of nitrogens with one attached hydrogen (secondary N) is 1. The van der Waals surface area contributed by atoms with Gasteiger partial charge in [-0.15, -0.1) is 0 Å². The molecule has 0 saturated carbocycles. The summed E-state index contributed by atoms with van der Waals surface area (Å²) in [5, 5.41) is 2.39. The van der Waals surface area contributed by atoms with Gasteiger partial charge in [-0.3, -0.25) is 9.59 Å². The second-order valence-electron chi connectivity index (χ2n) is 5.48. The first-order chi connectivity index (χ1) is 10.1. The Morgan fingerprint density at radius 1 is 1.23 bits per heavy atom. The Morgan fingerprint density at radius 2 is 1.82 bits per heavy atom. The topological polar surface area (TPSA) is 72.2 Å². The van der Waals surface area contributed by atoms with E-state index >= 15 is 0 Å². The van der Waals surface area contributed by atoms with Crippen molar-refractivity contribution in [2.45, 2.75) is 38.9 Å². The Bertz CT molecular complexity index is 542. The van der Waals surface area contributed by atoms with Crippen LogP contribution < -0.4 is 11.1 Å². The van der Waals surface area contributed by atoms with E-state index < -0.39 is 29.6 Å². The Kier molecular flexibility index (Phi) is 5.96. The summed E-state index contributed by atoms with van der Waals surface area (Å²) in [7, 11) is 0. The average molecular weight is 316 g/mol. The molecule has 1 aromatic carbocycles. The molecule has 0 aromatic heterocycles. The highest BCUT2D eigenvalue weighted by Gasteiger charge is 2.34. The Balaban J connectivity index is 2.93. The van der Waals surface area contributed by atoms with Gasteiger partial charge in [-0.05, 0) is 17.5 Å². The van der Waals surface area contributed by atoms with Crippen LogP contribution in [0.5, 0.6) is 0 Å². The van der Waals surface area contributed by atoms with Gasteiger partial charge in [0.1, 0.15) is 6.04 Å². The number of primary amides is 1. The molecule has 0 bridgehead atoms. The third-order valence-electron chi connectivity index (χ3n) is 3.02. The minimum absolute atomic E-state index is 0.0657. The highest BCUT2D eigenvalue weighted by Crippen LogP contribution is 2.32. The standard InChI is InChI=1S/C15H19F3N2O2/c1-9(2)7-13(21)20-12(14(19)22)8-10-5-3-4-6-11(10)15(16,17)18/h3-6,9,12H,7-8H2,1-2H3,(H2,19,22)(H,20,21)/t12-/m0/s1. The van der Waals surface area contributed by atoms with Crippen molar-refractivity contribution >= 4 is 11.8 Å². The van der Waals surface area contributed by atoms with Crippen molar-refractivity contribution in [2.75, 3.05) is 0 Å². The molecule has 0 aliphatic carbocycles. The summed E-state index contributed by atoms with van der Waals surface area (Å²) >= 11 is 0. The Labute approximate surface area is 126 Å². The van der Waals surface area contributed by atoms with Gasteiger partial charge >= 0.3 is 6.18 Å². The number of hydrogen-bond donors (Lipinski definition) is 2. The molecular weight excluding hydrogens is 297 g/mol. The van der Waals surface area contributed by atoms with Crippen LogP contribution in [0.3, 0.4) is 0 Å². The normalized spacial score (nSPS) is 13.0. The number of rotatable bonds is 6. The SMILES string of the molecule is CC(C)CC(=O)N[C@@H](Cc1ccccc1C(F)(F)F)C(N)=O. The number of hydrogen-bond acceptors (Lipinski definition) is 2. The van der Waals surface area contributed by atoms with E-state index in [0.717, 1.165) is 6.07 Å². The van der Waals surface area contributed by atoms with Crippen molar-refractivity contribution < 1.29 is 22.8 Å². The fourth-order valence-corrected chi connectivity index (χ4v) is 2.04. The van der Waals surface area contributed by atoms with Crippen molar-refractivity contribution in [3.8, 4) is 0 Å². The van der Waals surface area contributed by atoms with Crippen molar-refractivity contribution in [1.29, 1.82) is 0 Å². The average Bonchev–Trinajstić information content (AvgIpc) is 2.36. The van der Waals surface area contributed by atoms with Gasteiger partial charge < -0.3 is 11.1 Å². The highest BCUT2D eigenvalue weighted by atomic mass is 19.4. The number of halogens is 3. The molecular formula is C15H19F3N2O2. The van der Waals surface area contributed by atoms with Crippen LogP contribution in [-0.4, -0.2) is 17.9 Å². The van der Waals surface area contributed by atoms with E-state index in [1.165, 1.54) is 18.2 Å². The second-order valence-corrected chi connectivity index (χ2v) is 5.48. The molecule has 7 heteroatoms. The first-order valence-electron chi connectivity index (χ1n) is 6.85. The van der Waals surface area contributed by atoms with Crippen molar-refractivity contribution in [3.63, 3.8) is 0 Å². The van der Waals surface area contributed by atoms with Gasteiger partial charge in [0.25, 0.3) is 0 Å². The zero-order chi connectivity index (χ0) is 16.9. The number of alkyl halides is 3. The van der Waals surface area contributed by atoms with Crippen LogP contribution in [0.4, 0.5) is 13.2 Å². The fraction of sp³-hybridized carbons (Fsp3) is 0.467. The Morgan fingerprint density at radius 3 is 2.32 bits per heavy atom. The highest BCUT2D eigenvalue weighted by molar-refractivity contribution is 5.86. The van der Waals surface area contributed by atoms with Gasteiger partial charge in [0.05, 0.1) is 5.56 Å². The smallest absolute Gasteiger partial charge is 0.368 e.